The van der Waals surface area contributed by atoms with Crippen molar-refractivity contribution in [1.29, 1.82) is 0 Å². The topological polar surface area (TPSA) is 91.2 Å². The van der Waals surface area contributed by atoms with Crippen molar-refractivity contribution in [2.45, 2.75) is 31.5 Å². The highest BCUT2D eigenvalue weighted by atomic mass is 35.5. The molecule has 0 amide bonds. The van der Waals surface area contributed by atoms with Crippen LogP contribution in [0.5, 0.6) is 0 Å². The van der Waals surface area contributed by atoms with Gasteiger partial charge >= 0.3 is 0 Å². The quantitative estimate of drug-likeness (QED) is 0.540. The number of hydrogen-bond donors (Lipinski definition) is 3. The van der Waals surface area contributed by atoms with Gasteiger partial charge in [-0.3, -0.25) is 4.98 Å². The van der Waals surface area contributed by atoms with E-state index in [-0.39, 0.29) is 24.5 Å². The van der Waals surface area contributed by atoms with Crippen molar-refractivity contribution in [2.24, 2.45) is 11.8 Å². The van der Waals surface area contributed by atoms with Gasteiger partial charge in [0.1, 0.15) is 0 Å². The van der Waals surface area contributed by atoms with Crippen LogP contribution in [0.4, 0.5) is 0 Å². The molecule has 156 valence electrons. The van der Waals surface area contributed by atoms with Crippen LogP contribution in [0, 0.1) is 11.8 Å². The summed E-state index contributed by atoms with van der Waals surface area (Å²) in [7, 11) is 0. The lowest BCUT2D eigenvalue weighted by atomic mass is 9.88. The predicted molar refractivity (Wildman–Crippen MR) is 116 cm³/mol. The molecule has 4 unspecified atom stereocenters. The van der Waals surface area contributed by atoms with E-state index in [1.54, 1.807) is 18.6 Å². The van der Waals surface area contributed by atoms with Crippen molar-refractivity contribution in [3.05, 3.63) is 77.3 Å². The zero-order chi connectivity index (χ0) is 20.9. The van der Waals surface area contributed by atoms with Gasteiger partial charge in [-0.1, -0.05) is 29.8 Å². The molecule has 6 nitrogen and oxygen atoms in total. The zero-order valence-electron chi connectivity index (χ0n) is 16.5. The third-order valence-electron chi connectivity index (χ3n) is 5.86. The molecule has 0 aliphatic heterocycles. The van der Waals surface area contributed by atoms with Gasteiger partial charge < -0.3 is 15.5 Å². The van der Waals surface area contributed by atoms with Crippen LogP contribution < -0.4 is 5.32 Å². The first-order chi connectivity index (χ1) is 14.7. The first kappa shape index (κ1) is 20.9. The highest BCUT2D eigenvalue weighted by molar-refractivity contribution is 6.31. The Bertz CT molecular complexity index is 972. The van der Waals surface area contributed by atoms with Crippen LogP contribution in [-0.2, 0) is 13.0 Å². The van der Waals surface area contributed by atoms with Gasteiger partial charge in [-0.05, 0) is 48.6 Å². The minimum Gasteiger partial charge on any atom is -0.396 e. The van der Waals surface area contributed by atoms with E-state index in [4.69, 9.17) is 16.6 Å². The lowest BCUT2D eigenvalue weighted by Crippen LogP contribution is -2.36. The number of rotatable bonds is 7. The molecule has 1 fully saturated rings. The Labute approximate surface area is 181 Å². The summed E-state index contributed by atoms with van der Waals surface area (Å²) in [5.74, 6) is 0.468. The molecule has 3 aromatic rings. The van der Waals surface area contributed by atoms with Crippen molar-refractivity contribution in [2.75, 3.05) is 6.61 Å². The molecular weight excluding hydrogens is 400 g/mol. The zero-order valence-corrected chi connectivity index (χ0v) is 17.3. The van der Waals surface area contributed by atoms with Crippen molar-refractivity contribution in [3.63, 3.8) is 0 Å². The van der Waals surface area contributed by atoms with Gasteiger partial charge in [-0.15, -0.1) is 0 Å². The molecule has 3 N–H and O–H groups in total. The molecule has 4 atom stereocenters. The van der Waals surface area contributed by atoms with Crippen LogP contribution in [0.25, 0.3) is 11.4 Å². The number of nitrogens with one attached hydrogen (secondary N) is 1. The summed E-state index contributed by atoms with van der Waals surface area (Å²) in [5.41, 5.74) is 2.75. The fourth-order valence-electron chi connectivity index (χ4n) is 4.25. The van der Waals surface area contributed by atoms with E-state index in [0.29, 0.717) is 25.2 Å². The number of benzene rings is 1. The Kier molecular flexibility index (Phi) is 6.69. The number of nitrogens with zero attached hydrogens (tertiary/aromatic N) is 3. The lowest BCUT2D eigenvalue weighted by molar-refractivity contribution is 0.0716. The maximum absolute atomic E-state index is 10.5. The second-order valence-electron chi connectivity index (χ2n) is 7.71. The van der Waals surface area contributed by atoms with Gasteiger partial charge in [0.25, 0.3) is 0 Å². The van der Waals surface area contributed by atoms with E-state index in [1.165, 1.54) is 0 Å². The Balaban J connectivity index is 1.52. The largest absolute Gasteiger partial charge is 0.396 e. The Morgan fingerprint density at radius 1 is 1.07 bits per heavy atom. The molecule has 1 aliphatic carbocycles. The van der Waals surface area contributed by atoms with Crippen LogP contribution in [-0.4, -0.2) is 43.9 Å². The monoisotopic (exact) mass is 424 g/mol. The molecule has 0 saturated heterocycles. The van der Waals surface area contributed by atoms with Crippen molar-refractivity contribution in [3.8, 4) is 11.4 Å². The fourth-order valence-corrected chi connectivity index (χ4v) is 4.45. The third kappa shape index (κ3) is 4.68. The Hall–Kier alpha value is -2.38. The minimum absolute atomic E-state index is 0.0455. The van der Waals surface area contributed by atoms with E-state index in [1.807, 2.05) is 42.5 Å². The van der Waals surface area contributed by atoms with Crippen LogP contribution in [0.15, 0.2) is 61.1 Å². The van der Waals surface area contributed by atoms with Crippen LogP contribution in [0.2, 0.25) is 5.02 Å². The van der Waals surface area contributed by atoms with Crippen molar-refractivity contribution >= 4 is 11.6 Å². The Morgan fingerprint density at radius 3 is 2.70 bits per heavy atom. The summed E-state index contributed by atoms with van der Waals surface area (Å²) in [6, 6.07) is 13.5. The second kappa shape index (κ2) is 9.62. The SMILES string of the molecule is OCC1C(O)CC(NCc2ccccc2Cl)C1Cc1ccnc(-c2cccnc2)n1. The molecule has 7 heteroatoms. The van der Waals surface area contributed by atoms with E-state index in [0.717, 1.165) is 21.8 Å². The number of aromatic nitrogens is 3. The molecule has 1 aliphatic rings. The molecule has 2 aromatic heterocycles. The predicted octanol–water partition coefficient (Wildman–Crippen LogP) is 2.88. The molecular formula is C23H25ClN4O2. The molecule has 0 spiro atoms. The van der Waals surface area contributed by atoms with Gasteiger partial charge in [0.2, 0.25) is 0 Å². The van der Waals surface area contributed by atoms with Gasteiger partial charge in [0.05, 0.1) is 6.10 Å². The summed E-state index contributed by atoms with van der Waals surface area (Å²) in [4.78, 5) is 13.2. The van der Waals surface area contributed by atoms with Crippen LogP contribution in [0.3, 0.4) is 0 Å². The standard InChI is InChI=1S/C23H25ClN4O2/c24-20-6-2-1-4-15(20)13-27-21-11-22(30)19(14-29)18(21)10-17-7-9-26-23(28-17)16-5-3-8-25-12-16/h1-9,12,18-19,21-22,27,29-30H,10-11,13-14H2. The van der Waals surface area contributed by atoms with Crippen molar-refractivity contribution in [1.82, 2.24) is 20.3 Å². The minimum atomic E-state index is -0.552. The molecule has 1 aromatic carbocycles. The maximum atomic E-state index is 10.5. The number of aliphatic hydroxyl groups is 2. The Morgan fingerprint density at radius 2 is 1.93 bits per heavy atom. The van der Waals surface area contributed by atoms with Crippen molar-refractivity contribution < 1.29 is 10.2 Å². The summed E-state index contributed by atoms with van der Waals surface area (Å²) in [5, 5.41) is 24.7. The highest BCUT2D eigenvalue weighted by Gasteiger charge is 2.42. The first-order valence-corrected chi connectivity index (χ1v) is 10.5. The molecule has 2 heterocycles. The molecule has 4 rings (SSSR count). The average molecular weight is 425 g/mol. The second-order valence-corrected chi connectivity index (χ2v) is 8.12. The molecule has 30 heavy (non-hydrogen) atoms. The molecule has 0 bridgehead atoms. The maximum Gasteiger partial charge on any atom is 0.160 e. The highest BCUT2D eigenvalue weighted by Crippen LogP contribution is 2.35. The van der Waals surface area contributed by atoms with Gasteiger partial charge in [0, 0.05) is 60.0 Å². The van der Waals surface area contributed by atoms with Crippen LogP contribution in [0.1, 0.15) is 17.7 Å². The molecule has 1 saturated carbocycles. The number of hydrogen-bond acceptors (Lipinski definition) is 6. The van der Waals surface area contributed by atoms with Crippen LogP contribution >= 0.6 is 11.6 Å². The summed E-state index contributed by atoms with van der Waals surface area (Å²) in [6.07, 6.45) is 5.87. The normalized spacial score (nSPS) is 23.6. The van der Waals surface area contributed by atoms with E-state index in [2.05, 4.69) is 15.3 Å². The smallest absolute Gasteiger partial charge is 0.160 e. The summed E-state index contributed by atoms with van der Waals surface area (Å²) >= 11 is 6.28. The fraction of sp³-hybridized carbons (Fsp3) is 0.348. The average Bonchev–Trinajstić information content (AvgIpc) is 3.08. The molecule has 0 radical (unpaired) electrons. The van der Waals surface area contributed by atoms with E-state index in [9.17, 15) is 10.2 Å². The van der Waals surface area contributed by atoms with Gasteiger partial charge in [0.15, 0.2) is 5.82 Å². The van der Waals surface area contributed by atoms with Gasteiger partial charge in [-0.25, -0.2) is 9.97 Å². The number of aliphatic hydroxyl groups excluding tert-OH is 2. The third-order valence-corrected chi connectivity index (χ3v) is 6.23. The van der Waals surface area contributed by atoms with Gasteiger partial charge in [-0.2, -0.15) is 0 Å². The van der Waals surface area contributed by atoms with E-state index >= 15 is 0 Å². The first-order valence-electron chi connectivity index (χ1n) is 10.1. The summed E-state index contributed by atoms with van der Waals surface area (Å²) < 4.78 is 0. The summed E-state index contributed by atoms with van der Waals surface area (Å²) in [6.45, 7) is 0.549. The number of pyridine rings is 1. The van der Waals surface area contributed by atoms with E-state index < -0.39 is 6.10 Å². The lowest BCUT2D eigenvalue weighted by Gasteiger charge is -2.25. The number of halogens is 1.